The molecule has 0 spiro atoms. The molecule has 0 saturated heterocycles. The minimum atomic E-state index is -4.55. The molecule has 0 heterocycles. The van der Waals surface area contributed by atoms with E-state index in [4.69, 9.17) is 32.7 Å². The number of alkyl halides is 3. The van der Waals surface area contributed by atoms with Crippen molar-refractivity contribution in [2.24, 2.45) is 5.10 Å². The molecule has 0 aliphatic rings. The van der Waals surface area contributed by atoms with Gasteiger partial charge in [0.15, 0.2) is 11.5 Å². The molecule has 0 unspecified atom stereocenters. The number of nitrogens with one attached hydrogen (secondary N) is 1. The molecule has 0 aliphatic carbocycles. The van der Waals surface area contributed by atoms with Gasteiger partial charge in [0.05, 0.1) is 22.9 Å². The summed E-state index contributed by atoms with van der Waals surface area (Å²) in [6.45, 7) is 2.33. The molecular weight excluding hydrogens is 572 g/mol. The van der Waals surface area contributed by atoms with E-state index in [-0.39, 0.29) is 12.2 Å². The van der Waals surface area contributed by atoms with Gasteiger partial charge in [0.25, 0.3) is 5.91 Å². The first-order chi connectivity index (χ1) is 16.6. The van der Waals surface area contributed by atoms with Gasteiger partial charge in [0.2, 0.25) is 0 Å². The molecular formula is C24H18BrCl2F3N2O3. The van der Waals surface area contributed by atoms with Crippen molar-refractivity contribution >= 4 is 51.3 Å². The summed E-state index contributed by atoms with van der Waals surface area (Å²) < 4.78 is 50.7. The number of nitrogens with zero attached hydrogens (tertiary/aromatic N) is 1. The van der Waals surface area contributed by atoms with E-state index in [1.165, 1.54) is 12.3 Å². The first-order valence-electron chi connectivity index (χ1n) is 10.1. The van der Waals surface area contributed by atoms with Gasteiger partial charge in [0, 0.05) is 21.2 Å². The van der Waals surface area contributed by atoms with Crippen molar-refractivity contribution in [2.45, 2.75) is 19.7 Å². The number of hydrogen-bond donors (Lipinski definition) is 1. The second kappa shape index (κ2) is 11.8. The Balaban J connectivity index is 1.74. The predicted molar refractivity (Wildman–Crippen MR) is 133 cm³/mol. The number of hydrazone groups is 1. The minimum Gasteiger partial charge on any atom is -0.490 e. The number of benzene rings is 3. The molecule has 1 amide bonds. The fraction of sp³-hybridized carbons (Fsp3) is 0.167. The monoisotopic (exact) mass is 588 g/mol. The van der Waals surface area contributed by atoms with E-state index < -0.39 is 17.6 Å². The van der Waals surface area contributed by atoms with Crippen LogP contribution in [0.2, 0.25) is 10.0 Å². The lowest BCUT2D eigenvalue weighted by atomic mass is 10.1. The zero-order valence-electron chi connectivity index (χ0n) is 18.1. The van der Waals surface area contributed by atoms with Gasteiger partial charge in [-0.05, 0) is 70.9 Å². The second-order valence-electron chi connectivity index (χ2n) is 7.07. The van der Waals surface area contributed by atoms with Gasteiger partial charge in [-0.2, -0.15) is 18.3 Å². The van der Waals surface area contributed by atoms with Crippen molar-refractivity contribution in [1.29, 1.82) is 0 Å². The largest absolute Gasteiger partial charge is 0.490 e. The lowest BCUT2D eigenvalue weighted by Gasteiger charge is -2.15. The average molecular weight is 590 g/mol. The summed E-state index contributed by atoms with van der Waals surface area (Å²) in [5.74, 6) is 0.0666. The third-order valence-corrected chi connectivity index (χ3v) is 5.73. The standard InChI is InChI=1S/C24H18BrCl2F3N2O3/c1-2-34-21-9-14(8-19(25)22(21)35-13-16-6-7-18(26)11-20(16)27)12-31-32-23(33)15-4-3-5-17(10-15)24(28,29)30/h3-12H,2,13H2,1H3,(H,32,33)/b31-12-. The Labute approximate surface area is 218 Å². The summed E-state index contributed by atoms with van der Waals surface area (Å²) in [5, 5.41) is 4.82. The zero-order chi connectivity index (χ0) is 25.6. The molecule has 184 valence electrons. The van der Waals surface area contributed by atoms with Gasteiger partial charge in [-0.3, -0.25) is 4.79 Å². The highest BCUT2D eigenvalue weighted by molar-refractivity contribution is 9.10. The van der Waals surface area contributed by atoms with Crippen LogP contribution >= 0.6 is 39.1 Å². The van der Waals surface area contributed by atoms with Crippen LogP contribution in [0.4, 0.5) is 13.2 Å². The van der Waals surface area contributed by atoms with Gasteiger partial charge in [-0.15, -0.1) is 0 Å². The highest BCUT2D eigenvalue weighted by Gasteiger charge is 2.30. The first-order valence-corrected chi connectivity index (χ1v) is 11.7. The maximum atomic E-state index is 12.9. The van der Waals surface area contributed by atoms with Crippen LogP contribution in [-0.4, -0.2) is 18.7 Å². The Morgan fingerprint density at radius 2 is 1.89 bits per heavy atom. The minimum absolute atomic E-state index is 0.162. The maximum Gasteiger partial charge on any atom is 0.416 e. The van der Waals surface area contributed by atoms with Crippen LogP contribution < -0.4 is 14.9 Å². The molecule has 3 aromatic carbocycles. The summed E-state index contributed by atoms with van der Waals surface area (Å²) >= 11 is 15.6. The number of hydrogen-bond acceptors (Lipinski definition) is 4. The van der Waals surface area contributed by atoms with Crippen molar-refractivity contribution in [1.82, 2.24) is 5.43 Å². The van der Waals surface area contributed by atoms with Crippen LogP contribution in [0.5, 0.6) is 11.5 Å². The van der Waals surface area contributed by atoms with Crippen LogP contribution in [0.25, 0.3) is 0 Å². The van der Waals surface area contributed by atoms with Crippen molar-refractivity contribution in [3.63, 3.8) is 0 Å². The molecule has 0 fully saturated rings. The topological polar surface area (TPSA) is 59.9 Å². The van der Waals surface area contributed by atoms with Crippen molar-refractivity contribution < 1.29 is 27.4 Å². The molecule has 3 aromatic rings. The molecule has 0 aromatic heterocycles. The van der Waals surface area contributed by atoms with Crippen LogP contribution in [-0.2, 0) is 12.8 Å². The summed E-state index contributed by atoms with van der Waals surface area (Å²) in [6, 6.07) is 12.5. The fourth-order valence-corrected chi connectivity index (χ4v) is 3.96. The van der Waals surface area contributed by atoms with Crippen LogP contribution in [0.1, 0.15) is 34.0 Å². The number of carbonyl (C=O) groups excluding carboxylic acids is 1. The smallest absolute Gasteiger partial charge is 0.416 e. The number of amides is 1. The van der Waals surface area contributed by atoms with Gasteiger partial charge >= 0.3 is 6.18 Å². The van der Waals surface area contributed by atoms with E-state index in [1.807, 2.05) is 6.92 Å². The lowest BCUT2D eigenvalue weighted by Crippen LogP contribution is -2.18. The predicted octanol–water partition coefficient (Wildman–Crippen LogP) is 7.52. The molecule has 0 atom stereocenters. The summed E-state index contributed by atoms with van der Waals surface area (Å²) in [4.78, 5) is 12.2. The quantitative estimate of drug-likeness (QED) is 0.218. The fourth-order valence-electron chi connectivity index (χ4n) is 2.92. The van der Waals surface area contributed by atoms with Crippen LogP contribution in [0, 0.1) is 0 Å². The molecule has 35 heavy (non-hydrogen) atoms. The molecule has 11 heteroatoms. The Morgan fingerprint density at radius 3 is 2.57 bits per heavy atom. The van der Waals surface area contributed by atoms with Crippen LogP contribution in [0.3, 0.4) is 0 Å². The van der Waals surface area contributed by atoms with Crippen molar-refractivity contribution in [3.05, 3.63) is 91.4 Å². The Hall–Kier alpha value is -2.75. The molecule has 5 nitrogen and oxygen atoms in total. The molecule has 0 bridgehead atoms. The van der Waals surface area contributed by atoms with E-state index in [0.29, 0.717) is 38.2 Å². The van der Waals surface area contributed by atoms with Crippen LogP contribution in [0.15, 0.2) is 64.2 Å². The number of halogens is 6. The molecule has 0 radical (unpaired) electrons. The average Bonchev–Trinajstić information content (AvgIpc) is 2.79. The van der Waals surface area contributed by atoms with Gasteiger partial charge < -0.3 is 9.47 Å². The molecule has 0 aliphatic heterocycles. The van der Waals surface area contributed by atoms with Gasteiger partial charge in [0.1, 0.15) is 6.61 Å². The molecule has 0 saturated carbocycles. The second-order valence-corrected chi connectivity index (χ2v) is 8.76. The van der Waals surface area contributed by atoms with E-state index in [1.54, 1.807) is 30.3 Å². The summed E-state index contributed by atoms with van der Waals surface area (Å²) in [5.41, 5.74) is 2.40. The highest BCUT2D eigenvalue weighted by Crippen LogP contribution is 2.37. The Kier molecular flexibility index (Phi) is 9.04. The third-order valence-electron chi connectivity index (χ3n) is 4.55. The number of carbonyl (C=O) groups is 1. The van der Waals surface area contributed by atoms with E-state index in [0.717, 1.165) is 23.8 Å². The Morgan fingerprint density at radius 1 is 1.11 bits per heavy atom. The van der Waals surface area contributed by atoms with Gasteiger partial charge in [-0.1, -0.05) is 35.3 Å². The summed E-state index contributed by atoms with van der Waals surface area (Å²) in [6.07, 6.45) is -3.22. The Bertz CT molecular complexity index is 1250. The number of rotatable bonds is 8. The van der Waals surface area contributed by atoms with E-state index in [9.17, 15) is 18.0 Å². The summed E-state index contributed by atoms with van der Waals surface area (Å²) in [7, 11) is 0. The highest BCUT2D eigenvalue weighted by atomic mass is 79.9. The van der Waals surface area contributed by atoms with Crippen molar-refractivity contribution in [2.75, 3.05) is 6.61 Å². The molecule has 1 N–H and O–H groups in total. The lowest BCUT2D eigenvalue weighted by molar-refractivity contribution is -0.137. The van der Waals surface area contributed by atoms with Crippen molar-refractivity contribution in [3.8, 4) is 11.5 Å². The third kappa shape index (κ3) is 7.37. The SMILES string of the molecule is CCOc1cc(/C=N\NC(=O)c2cccc(C(F)(F)F)c2)cc(Br)c1OCc1ccc(Cl)cc1Cl. The first kappa shape index (κ1) is 26.8. The normalized spacial score (nSPS) is 11.5. The zero-order valence-corrected chi connectivity index (χ0v) is 21.2. The van der Waals surface area contributed by atoms with E-state index in [2.05, 4.69) is 26.5 Å². The van der Waals surface area contributed by atoms with E-state index >= 15 is 0 Å². The maximum absolute atomic E-state index is 12.9. The molecule has 3 rings (SSSR count). The number of ether oxygens (including phenoxy) is 2. The van der Waals surface area contributed by atoms with Gasteiger partial charge in [-0.25, -0.2) is 5.43 Å².